The van der Waals surface area contributed by atoms with Crippen LogP contribution in [0.4, 0.5) is 0 Å². The maximum absolute atomic E-state index is 13.1. The number of benzene rings is 1. The number of carbonyl (C=O) groups is 2. The molecule has 2 atom stereocenters. The van der Waals surface area contributed by atoms with E-state index in [2.05, 4.69) is 10.3 Å². The topological polar surface area (TPSA) is 80.8 Å². The van der Waals surface area contributed by atoms with Gasteiger partial charge in [0.25, 0.3) is 5.91 Å². The first kappa shape index (κ1) is 19.1. The van der Waals surface area contributed by atoms with Crippen LogP contribution in [-0.2, 0) is 11.2 Å². The Morgan fingerprint density at radius 3 is 2.86 bits per heavy atom. The van der Waals surface area contributed by atoms with Crippen molar-refractivity contribution in [2.24, 2.45) is 0 Å². The quantitative estimate of drug-likeness (QED) is 0.774. The number of thiazole rings is 1. The molecule has 1 aromatic heterocycles. The van der Waals surface area contributed by atoms with E-state index in [1.165, 1.54) is 7.11 Å². The molecule has 1 aromatic carbocycles. The number of methoxy groups -OCH3 is 2. The van der Waals surface area contributed by atoms with Crippen LogP contribution in [0.25, 0.3) is 0 Å². The van der Waals surface area contributed by atoms with Gasteiger partial charge in [0.2, 0.25) is 5.91 Å². The molecule has 2 aliphatic heterocycles. The Morgan fingerprint density at radius 1 is 1.36 bits per heavy atom. The number of thioether (sulfide) groups is 1. The molecule has 0 spiro atoms. The van der Waals surface area contributed by atoms with Crippen molar-refractivity contribution in [1.82, 2.24) is 15.2 Å². The lowest BCUT2D eigenvalue weighted by Crippen LogP contribution is -2.46. The highest BCUT2D eigenvalue weighted by molar-refractivity contribution is 7.99. The van der Waals surface area contributed by atoms with Crippen molar-refractivity contribution in [3.63, 3.8) is 0 Å². The predicted octanol–water partition coefficient (Wildman–Crippen LogP) is 2.40. The van der Waals surface area contributed by atoms with E-state index in [0.717, 1.165) is 16.3 Å². The van der Waals surface area contributed by atoms with Gasteiger partial charge >= 0.3 is 0 Å². The Bertz CT molecular complexity index is 930. The number of amides is 2. The highest BCUT2D eigenvalue weighted by atomic mass is 32.2. The second-order valence-corrected chi connectivity index (χ2v) is 8.66. The van der Waals surface area contributed by atoms with Crippen LogP contribution >= 0.6 is 23.1 Å². The van der Waals surface area contributed by atoms with Gasteiger partial charge in [-0.05, 0) is 13.0 Å². The van der Waals surface area contributed by atoms with Crippen LogP contribution in [0.15, 0.2) is 17.5 Å². The van der Waals surface area contributed by atoms with Crippen LogP contribution in [0.3, 0.4) is 0 Å². The number of fused-ring (bicyclic) bond motifs is 3. The Kier molecular flexibility index (Phi) is 5.20. The molecule has 7 nitrogen and oxygen atoms in total. The average Bonchev–Trinajstić information content (AvgIpc) is 3.38. The third-order valence-electron chi connectivity index (χ3n) is 4.90. The standard InChI is InChI=1S/C19H21N3O4S2/c1-10-8-27-14(21-10)6-7-20-17(23)12-9-28-19-11-4-5-13(25-2)16(26-3)15(11)18(24)22(12)19/h4-5,8,12,19H,6-7,9H2,1-3H3,(H,20,23)/t12-,19+/m0/s1. The summed E-state index contributed by atoms with van der Waals surface area (Å²) in [6.45, 7) is 2.46. The van der Waals surface area contributed by atoms with Crippen LogP contribution in [-0.4, -0.2) is 54.3 Å². The number of ether oxygens (including phenoxy) is 2. The summed E-state index contributed by atoms with van der Waals surface area (Å²) in [6.07, 6.45) is 0.687. The van der Waals surface area contributed by atoms with Gasteiger partial charge in [-0.25, -0.2) is 4.98 Å². The van der Waals surface area contributed by atoms with E-state index in [0.29, 0.717) is 35.8 Å². The summed E-state index contributed by atoms with van der Waals surface area (Å²) in [5, 5.41) is 5.79. The van der Waals surface area contributed by atoms with Crippen LogP contribution in [0.5, 0.6) is 11.5 Å². The van der Waals surface area contributed by atoms with Crippen molar-refractivity contribution >= 4 is 34.9 Å². The molecule has 28 heavy (non-hydrogen) atoms. The summed E-state index contributed by atoms with van der Waals surface area (Å²) in [5.74, 6) is 1.21. The van der Waals surface area contributed by atoms with E-state index in [9.17, 15) is 9.59 Å². The maximum atomic E-state index is 13.1. The first-order valence-corrected chi connectivity index (χ1v) is 10.9. The van der Waals surface area contributed by atoms with Gasteiger partial charge in [-0.3, -0.25) is 9.59 Å². The molecule has 3 heterocycles. The normalized spacial score (nSPS) is 20.1. The lowest BCUT2D eigenvalue weighted by Gasteiger charge is -2.22. The second kappa shape index (κ2) is 7.63. The second-order valence-electron chi connectivity index (χ2n) is 6.60. The number of aromatic nitrogens is 1. The highest BCUT2D eigenvalue weighted by Crippen LogP contribution is 2.52. The number of nitrogens with zero attached hydrogens (tertiary/aromatic N) is 2. The molecule has 0 saturated carbocycles. The van der Waals surface area contributed by atoms with Gasteiger partial charge in [0.05, 0.1) is 24.8 Å². The molecule has 148 valence electrons. The fraction of sp³-hybridized carbons (Fsp3) is 0.421. The van der Waals surface area contributed by atoms with E-state index < -0.39 is 6.04 Å². The van der Waals surface area contributed by atoms with E-state index in [4.69, 9.17) is 9.47 Å². The first-order chi connectivity index (χ1) is 13.5. The van der Waals surface area contributed by atoms with Gasteiger partial charge in [-0.2, -0.15) is 0 Å². The van der Waals surface area contributed by atoms with E-state index in [1.807, 2.05) is 18.4 Å². The van der Waals surface area contributed by atoms with E-state index in [-0.39, 0.29) is 17.2 Å². The van der Waals surface area contributed by atoms with Crippen molar-refractivity contribution in [3.8, 4) is 11.5 Å². The zero-order valence-corrected chi connectivity index (χ0v) is 17.5. The molecule has 0 bridgehead atoms. The SMILES string of the molecule is COc1ccc2c(c1OC)C(=O)N1[C@@H]2SC[C@H]1C(=O)NCCc1nc(C)cs1. The zero-order chi connectivity index (χ0) is 19.8. The van der Waals surface area contributed by atoms with E-state index >= 15 is 0 Å². The minimum absolute atomic E-state index is 0.129. The monoisotopic (exact) mass is 419 g/mol. The summed E-state index contributed by atoms with van der Waals surface area (Å²) in [5.41, 5.74) is 2.36. The third-order valence-corrected chi connectivity index (χ3v) is 7.23. The van der Waals surface area contributed by atoms with Crippen molar-refractivity contribution in [2.45, 2.75) is 24.8 Å². The smallest absolute Gasteiger partial charge is 0.260 e. The molecule has 4 rings (SSSR count). The van der Waals surface area contributed by atoms with Gasteiger partial charge in [-0.1, -0.05) is 6.07 Å². The lowest BCUT2D eigenvalue weighted by molar-refractivity contribution is -0.124. The molecule has 0 unspecified atom stereocenters. The number of rotatable bonds is 6. The Hall–Kier alpha value is -2.26. The fourth-order valence-corrected chi connectivity index (χ4v) is 5.85. The minimum Gasteiger partial charge on any atom is -0.493 e. The lowest BCUT2D eigenvalue weighted by atomic mass is 10.1. The van der Waals surface area contributed by atoms with Gasteiger partial charge < -0.3 is 19.7 Å². The summed E-state index contributed by atoms with van der Waals surface area (Å²) in [4.78, 5) is 32.0. The number of hydrogen-bond donors (Lipinski definition) is 1. The van der Waals surface area contributed by atoms with Crippen LogP contribution < -0.4 is 14.8 Å². The molecule has 9 heteroatoms. The number of hydrogen-bond acceptors (Lipinski definition) is 7. The fourth-order valence-electron chi connectivity index (χ4n) is 3.62. The minimum atomic E-state index is -0.497. The van der Waals surface area contributed by atoms with Crippen molar-refractivity contribution in [3.05, 3.63) is 39.3 Å². The van der Waals surface area contributed by atoms with E-state index in [1.54, 1.807) is 41.2 Å². The Balaban J connectivity index is 1.48. The van der Waals surface area contributed by atoms with Crippen LogP contribution in [0.2, 0.25) is 0 Å². The summed E-state index contributed by atoms with van der Waals surface area (Å²) in [6, 6.07) is 3.19. The molecule has 1 fully saturated rings. The molecular weight excluding hydrogens is 398 g/mol. The molecule has 2 amide bonds. The first-order valence-electron chi connectivity index (χ1n) is 8.93. The third kappa shape index (κ3) is 3.12. The average molecular weight is 420 g/mol. The molecule has 0 radical (unpaired) electrons. The molecule has 1 saturated heterocycles. The molecule has 1 N–H and O–H groups in total. The van der Waals surface area contributed by atoms with Gasteiger partial charge in [0.15, 0.2) is 11.5 Å². The van der Waals surface area contributed by atoms with Crippen LogP contribution in [0.1, 0.15) is 32.0 Å². The number of carbonyl (C=O) groups excluding carboxylic acids is 2. The molecular formula is C19H21N3O4S2. The van der Waals surface area contributed by atoms with Crippen molar-refractivity contribution in [2.75, 3.05) is 26.5 Å². The Labute approximate surface area is 171 Å². The van der Waals surface area contributed by atoms with Gasteiger partial charge in [0, 0.05) is 35.4 Å². The van der Waals surface area contributed by atoms with Gasteiger partial charge in [0.1, 0.15) is 11.4 Å². The largest absolute Gasteiger partial charge is 0.493 e. The van der Waals surface area contributed by atoms with Crippen molar-refractivity contribution in [1.29, 1.82) is 0 Å². The van der Waals surface area contributed by atoms with Gasteiger partial charge in [-0.15, -0.1) is 23.1 Å². The molecule has 0 aliphatic carbocycles. The summed E-state index contributed by atoms with van der Waals surface area (Å²) >= 11 is 3.19. The molecule has 2 aliphatic rings. The zero-order valence-electron chi connectivity index (χ0n) is 15.9. The predicted molar refractivity (Wildman–Crippen MR) is 108 cm³/mol. The summed E-state index contributed by atoms with van der Waals surface area (Å²) in [7, 11) is 3.06. The highest BCUT2D eigenvalue weighted by Gasteiger charge is 2.50. The number of aryl methyl sites for hydroxylation is 1. The molecule has 2 aromatic rings. The van der Waals surface area contributed by atoms with Crippen molar-refractivity contribution < 1.29 is 19.1 Å². The maximum Gasteiger partial charge on any atom is 0.260 e. The number of nitrogens with one attached hydrogen (secondary N) is 1. The Morgan fingerprint density at radius 2 is 2.18 bits per heavy atom. The van der Waals surface area contributed by atoms with Crippen LogP contribution in [0, 0.1) is 6.92 Å². The summed E-state index contributed by atoms with van der Waals surface area (Å²) < 4.78 is 10.8.